The van der Waals surface area contributed by atoms with Crippen LogP contribution in [-0.2, 0) is 6.42 Å². The van der Waals surface area contributed by atoms with Crippen LogP contribution in [-0.4, -0.2) is 0 Å². The standard InChI is InChI=1S/C9H11.ClH/c1-2-6-9-7-4-3-5-8-9;/h3-5,7-8H,1-2,6H2;1H. The van der Waals surface area contributed by atoms with Crippen LogP contribution < -0.4 is 0 Å². The maximum absolute atomic E-state index is 3.78. The first-order valence-corrected chi connectivity index (χ1v) is 3.26. The number of rotatable bonds is 2. The molecule has 0 bridgehead atoms. The molecule has 0 unspecified atom stereocenters. The van der Waals surface area contributed by atoms with E-state index in [0.29, 0.717) is 0 Å². The predicted octanol–water partition coefficient (Wildman–Crippen LogP) is 2.88. The molecular formula is C9H12Cl. The second-order valence-corrected chi connectivity index (χ2v) is 2.09. The Morgan fingerprint density at radius 2 is 1.70 bits per heavy atom. The molecule has 0 fully saturated rings. The first-order valence-electron chi connectivity index (χ1n) is 3.26. The summed E-state index contributed by atoms with van der Waals surface area (Å²) in [5.41, 5.74) is 1.38. The van der Waals surface area contributed by atoms with Crippen molar-refractivity contribution in [2.24, 2.45) is 0 Å². The zero-order valence-electron chi connectivity index (χ0n) is 5.92. The van der Waals surface area contributed by atoms with Gasteiger partial charge in [-0.3, -0.25) is 0 Å². The van der Waals surface area contributed by atoms with E-state index < -0.39 is 0 Å². The summed E-state index contributed by atoms with van der Waals surface area (Å²) in [5, 5.41) is 0. The van der Waals surface area contributed by atoms with Gasteiger partial charge in [0.1, 0.15) is 0 Å². The quantitative estimate of drug-likeness (QED) is 0.616. The third kappa shape index (κ3) is 2.88. The molecule has 0 aliphatic heterocycles. The topological polar surface area (TPSA) is 0 Å². The second-order valence-electron chi connectivity index (χ2n) is 2.09. The van der Waals surface area contributed by atoms with E-state index in [1.54, 1.807) is 0 Å². The van der Waals surface area contributed by atoms with E-state index >= 15 is 0 Å². The number of halogens is 1. The molecule has 1 aromatic rings. The molecule has 0 aliphatic rings. The van der Waals surface area contributed by atoms with Gasteiger partial charge < -0.3 is 0 Å². The Bertz CT molecular complexity index is 158. The molecule has 0 amide bonds. The van der Waals surface area contributed by atoms with Crippen molar-refractivity contribution in [2.45, 2.75) is 12.8 Å². The molecule has 0 saturated heterocycles. The van der Waals surface area contributed by atoms with E-state index in [2.05, 4.69) is 31.2 Å². The first-order chi connectivity index (χ1) is 4.43. The van der Waals surface area contributed by atoms with Crippen molar-refractivity contribution in [1.29, 1.82) is 0 Å². The van der Waals surface area contributed by atoms with Crippen LogP contribution in [0, 0.1) is 6.92 Å². The van der Waals surface area contributed by atoms with Crippen molar-refractivity contribution in [3.63, 3.8) is 0 Å². The third-order valence-electron chi connectivity index (χ3n) is 1.31. The van der Waals surface area contributed by atoms with Crippen molar-refractivity contribution in [3.8, 4) is 0 Å². The van der Waals surface area contributed by atoms with E-state index in [0.717, 1.165) is 12.8 Å². The van der Waals surface area contributed by atoms with Crippen LogP contribution in [0.25, 0.3) is 0 Å². The van der Waals surface area contributed by atoms with Gasteiger partial charge in [0.05, 0.1) is 0 Å². The summed E-state index contributed by atoms with van der Waals surface area (Å²) >= 11 is 0. The zero-order valence-corrected chi connectivity index (χ0v) is 6.73. The summed E-state index contributed by atoms with van der Waals surface area (Å²) in [4.78, 5) is 0. The minimum atomic E-state index is 0. The normalized spacial score (nSPS) is 8.50. The fourth-order valence-electron chi connectivity index (χ4n) is 0.849. The van der Waals surface area contributed by atoms with Gasteiger partial charge in [0.2, 0.25) is 0 Å². The Hall–Kier alpha value is -0.490. The number of hydrogen-bond donors (Lipinski definition) is 0. The van der Waals surface area contributed by atoms with Gasteiger partial charge in [-0.1, -0.05) is 37.3 Å². The molecule has 0 N–H and O–H groups in total. The van der Waals surface area contributed by atoms with Crippen molar-refractivity contribution < 1.29 is 0 Å². The van der Waals surface area contributed by atoms with Gasteiger partial charge in [0.25, 0.3) is 0 Å². The zero-order chi connectivity index (χ0) is 6.53. The molecule has 1 aromatic carbocycles. The van der Waals surface area contributed by atoms with E-state index in [4.69, 9.17) is 0 Å². The molecule has 0 aromatic heterocycles. The fraction of sp³-hybridized carbons (Fsp3) is 0.222. The lowest BCUT2D eigenvalue weighted by Gasteiger charge is -1.93. The van der Waals surface area contributed by atoms with Gasteiger partial charge in [0, 0.05) is 0 Å². The summed E-state index contributed by atoms with van der Waals surface area (Å²) < 4.78 is 0. The highest BCUT2D eigenvalue weighted by atomic mass is 35.5. The van der Waals surface area contributed by atoms with Gasteiger partial charge in [-0.25, -0.2) is 0 Å². The summed E-state index contributed by atoms with van der Waals surface area (Å²) in [6.45, 7) is 3.78. The molecule has 1 rings (SSSR count). The molecule has 10 heavy (non-hydrogen) atoms. The fourth-order valence-corrected chi connectivity index (χ4v) is 0.849. The Balaban J connectivity index is 0.000000810. The average Bonchev–Trinajstić information content (AvgIpc) is 1.91. The van der Waals surface area contributed by atoms with Gasteiger partial charge in [-0.05, 0) is 18.4 Å². The summed E-state index contributed by atoms with van der Waals surface area (Å²) in [7, 11) is 0. The highest BCUT2D eigenvalue weighted by Gasteiger charge is 1.84. The summed E-state index contributed by atoms with van der Waals surface area (Å²) in [6, 6.07) is 10.4. The molecule has 0 spiro atoms. The summed E-state index contributed by atoms with van der Waals surface area (Å²) in [5.74, 6) is 0. The number of hydrogen-bond acceptors (Lipinski definition) is 0. The van der Waals surface area contributed by atoms with Gasteiger partial charge in [-0.2, -0.15) is 0 Å². The SMILES string of the molecule is Cl.[CH2]CCc1ccccc1. The molecule has 0 aliphatic carbocycles. The van der Waals surface area contributed by atoms with Crippen molar-refractivity contribution in [2.75, 3.05) is 0 Å². The largest absolute Gasteiger partial charge is 0.147 e. The van der Waals surface area contributed by atoms with Gasteiger partial charge in [-0.15, -0.1) is 12.4 Å². The van der Waals surface area contributed by atoms with Crippen molar-refractivity contribution >= 4 is 12.4 Å². The number of aryl methyl sites for hydroxylation is 1. The van der Waals surface area contributed by atoms with Crippen LogP contribution in [0.4, 0.5) is 0 Å². The highest BCUT2D eigenvalue weighted by Crippen LogP contribution is 2.00. The van der Waals surface area contributed by atoms with Crippen LogP contribution in [0.3, 0.4) is 0 Å². The van der Waals surface area contributed by atoms with Crippen molar-refractivity contribution in [3.05, 3.63) is 42.8 Å². The molecule has 0 atom stereocenters. The van der Waals surface area contributed by atoms with E-state index in [9.17, 15) is 0 Å². The lowest BCUT2D eigenvalue weighted by atomic mass is 10.1. The molecular weight excluding hydrogens is 144 g/mol. The van der Waals surface area contributed by atoms with Crippen LogP contribution >= 0.6 is 12.4 Å². The molecule has 0 nitrogen and oxygen atoms in total. The minimum Gasteiger partial charge on any atom is -0.147 e. The Morgan fingerprint density at radius 3 is 2.20 bits per heavy atom. The van der Waals surface area contributed by atoms with Gasteiger partial charge >= 0.3 is 0 Å². The average molecular weight is 156 g/mol. The maximum atomic E-state index is 3.78. The lowest BCUT2D eigenvalue weighted by Crippen LogP contribution is -1.79. The van der Waals surface area contributed by atoms with E-state index in [-0.39, 0.29) is 12.4 Å². The van der Waals surface area contributed by atoms with Crippen molar-refractivity contribution in [1.82, 2.24) is 0 Å². The second kappa shape index (κ2) is 5.31. The molecule has 55 valence electrons. The molecule has 1 heteroatoms. The Kier molecular flexibility index (Phi) is 5.05. The third-order valence-corrected chi connectivity index (χ3v) is 1.31. The number of benzene rings is 1. The highest BCUT2D eigenvalue weighted by molar-refractivity contribution is 5.85. The maximum Gasteiger partial charge on any atom is -0.0279 e. The molecule has 0 saturated carbocycles. The minimum absolute atomic E-state index is 0. The van der Waals surface area contributed by atoms with Crippen LogP contribution in [0.15, 0.2) is 30.3 Å². The Labute approximate surface area is 68.7 Å². The summed E-state index contributed by atoms with van der Waals surface area (Å²) in [6.07, 6.45) is 2.09. The lowest BCUT2D eigenvalue weighted by molar-refractivity contribution is 1.000. The van der Waals surface area contributed by atoms with Gasteiger partial charge in [0.15, 0.2) is 0 Å². The smallest absolute Gasteiger partial charge is 0.0279 e. The van der Waals surface area contributed by atoms with Crippen LogP contribution in [0.5, 0.6) is 0 Å². The Morgan fingerprint density at radius 1 is 1.10 bits per heavy atom. The monoisotopic (exact) mass is 155 g/mol. The van der Waals surface area contributed by atoms with Crippen LogP contribution in [0.2, 0.25) is 0 Å². The van der Waals surface area contributed by atoms with E-state index in [1.807, 2.05) is 6.07 Å². The first kappa shape index (κ1) is 9.51. The molecule has 1 radical (unpaired) electrons. The predicted molar refractivity (Wildman–Crippen MR) is 47.4 cm³/mol. The van der Waals surface area contributed by atoms with E-state index in [1.165, 1.54) is 5.56 Å². The van der Waals surface area contributed by atoms with Crippen LogP contribution in [0.1, 0.15) is 12.0 Å². The molecule has 0 heterocycles.